The second kappa shape index (κ2) is 5.60. The predicted molar refractivity (Wildman–Crippen MR) is 74.4 cm³/mol. The van der Waals surface area contributed by atoms with Crippen LogP contribution in [0, 0.1) is 17.3 Å². The van der Waals surface area contributed by atoms with Gasteiger partial charge in [-0.15, -0.1) is 0 Å². The number of carbonyl (C=O) groups excluding carboxylic acids is 1. The van der Waals surface area contributed by atoms with Gasteiger partial charge in [0, 0.05) is 19.6 Å². The Morgan fingerprint density at radius 2 is 2.00 bits per heavy atom. The fourth-order valence-electron chi connectivity index (χ4n) is 3.77. The van der Waals surface area contributed by atoms with Crippen molar-refractivity contribution in [2.45, 2.75) is 46.5 Å². The summed E-state index contributed by atoms with van der Waals surface area (Å²) in [5.74, 6) is 1.72. The van der Waals surface area contributed by atoms with Crippen LogP contribution in [0.25, 0.3) is 0 Å². The van der Waals surface area contributed by atoms with Gasteiger partial charge < -0.3 is 10.2 Å². The average Bonchev–Trinajstić information content (AvgIpc) is 2.37. The fraction of sp³-hybridized carbons (Fsp3) is 0.933. The summed E-state index contributed by atoms with van der Waals surface area (Å²) in [7, 11) is 0. The van der Waals surface area contributed by atoms with Gasteiger partial charge in [-0.25, -0.2) is 0 Å². The summed E-state index contributed by atoms with van der Waals surface area (Å²) in [5.41, 5.74) is -0.116. The van der Waals surface area contributed by atoms with Crippen molar-refractivity contribution in [2.75, 3.05) is 26.2 Å². The molecule has 0 aliphatic carbocycles. The highest BCUT2D eigenvalue weighted by atomic mass is 16.2. The third-order valence-corrected chi connectivity index (χ3v) is 4.76. The van der Waals surface area contributed by atoms with Gasteiger partial charge >= 0.3 is 0 Å². The topological polar surface area (TPSA) is 32.3 Å². The molecule has 2 heterocycles. The Labute approximate surface area is 111 Å². The van der Waals surface area contributed by atoms with Crippen molar-refractivity contribution in [1.29, 1.82) is 0 Å². The van der Waals surface area contributed by atoms with Gasteiger partial charge in [-0.1, -0.05) is 20.8 Å². The van der Waals surface area contributed by atoms with Crippen LogP contribution in [0.2, 0.25) is 0 Å². The van der Waals surface area contributed by atoms with E-state index in [4.69, 9.17) is 0 Å². The van der Waals surface area contributed by atoms with E-state index in [1.807, 2.05) is 0 Å². The number of piperidine rings is 2. The number of rotatable bonds is 2. The standard InChI is InChI=1S/C15H28N2O/c1-4-15(6-5-7-16-11-15)14(18)17-9-12(2)8-13(3)10-17/h12-13,16H,4-11H2,1-3H3. The molecule has 3 unspecified atom stereocenters. The van der Waals surface area contributed by atoms with Gasteiger partial charge in [-0.2, -0.15) is 0 Å². The molecule has 2 aliphatic rings. The predicted octanol–water partition coefficient (Wildman–Crippen LogP) is 2.27. The Hall–Kier alpha value is -0.570. The molecule has 1 amide bonds. The maximum absolute atomic E-state index is 12.9. The van der Waals surface area contributed by atoms with Gasteiger partial charge in [0.1, 0.15) is 0 Å². The first kappa shape index (κ1) is 13.9. The van der Waals surface area contributed by atoms with Crippen molar-refractivity contribution >= 4 is 5.91 Å². The summed E-state index contributed by atoms with van der Waals surface area (Å²) in [6.45, 7) is 10.6. The van der Waals surface area contributed by atoms with Crippen LogP contribution in [0.3, 0.4) is 0 Å². The zero-order valence-electron chi connectivity index (χ0n) is 12.2. The lowest BCUT2D eigenvalue weighted by Gasteiger charge is -2.43. The van der Waals surface area contributed by atoms with Crippen LogP contribution >= 0.6 is 0 Å². The maximum atomic E-state index is 12.9. The number of likely N-dealkylation sites (tertiary alicyclic amines) is 1. The molecule has 2 rings (SSSR count). The molecule has 0 aromatic heterocycles. The van der Waals surface area contributed by atoms with E-state index < -0.39 is 0 Å². The highest BCUT2D eigenvalue weighted by Crippen LogP contribution is 2.34. The number of nitrogens with one attached hydrogen (secondary N) is 1. The van der Waals surface area contributed by atoms with Crippen LogP contribution in [0.5, 0.6) is 0 Å². The number of nitrogens with zero attached hydrogens (tertiary/aromatic N) is 1. The molecule has 1 N–H and O–H groups in total. The van der Waals surface area contributed by atoms with E-state index in [2.05, 4.69) is 31.0 Å². The van der Waals surface area contributed by atoms with Crippen molar-refractivity contribution in [2.24, 2.45) is 17.3 Å². The highest BCUT2D eigenvalue weighted by molar-refractivity contribution is 5.83. The lowest BCUT2D eigenvalue weighted by atomic mass is 9.76. The Kier molecular flexibility index (Phi) is 4.31. The summed E-state index contributed by atoms with van der Waals surface area (Å²) in [6, 6.07) is 0. The molecule has 0 aromatic carbocycles. The second-order valence-corrected chi connectivity index (χ2v) is 6.57. The minimum absolute atomic E-state index is 0.116. The van der Waals surface area contributed by atoms with Gasteiger partial charge in [0.15, 0.2) is 0 Å². The first-order chi connectivity index (χ1) is 8.57. The highest BCUT2D eigenvalue weighted by Gasteiger charge is 2.41. The number of carbonyl (C=O) groups is 1. The monoisotopic (exact) mass is 252 g/mol. The van der Waals surface area contributed by atoms with Crippen LogP contribution in [-0.4, -0.2) is 37.0 Å². The van der Waals surface area contributed by atoms with E-state index in [1.54, 1.807) is 0 Å². The molecular weight excluding hydrogens is 224 g/mol. The Bertz CT molecular complexity index is 287. The van der Waals surface area contributed by atoms with Crippen molar-refractivity contribution < 1.29 is 4.79 Å². The molecule has 0 radical (unpaired) electrons. The van der Waals surface area contributed by atoms with Crippen LogP contribution in [-0.2, 0) is 4.79 Å². The minimum atomic E-state index is -0.116. The van der Waals surface area contributed by atoms with Gasteiger partial charge in [0.05, 0.1) is 5.41 Å². The van der Waals surface area contributed by atoms with Crippen molar-refractivity contribution in [3.63, 3.8) is 0 Å². The second-order valence-electron chi connectivity index (χ2n) is 6.57. The lowest BCUT2D eigenvalue weighted by Crippen LogP contribution is -2.54. The third kappa shape index (κ3) is 2.71. The molecule has 2 fully saturated rings. The van der Waals surface area contributed by atoms with Crippen LogP contribution in [0.4, 0.5) is 0 Å². The third-order valence-electron chi connectivity index (χ3n) is 4.76. The van der Waals surface area contributed by atoms with Crippen molar-refractivity contribution in [3.05, 3.63) is 0 Å². The average molecular weight is 252 g/mol. The molecule has 0 saturated carbocycles. The zero-order chi connectivity index (χ0) is 13.2. The molecule has 2 aliphatic heterocycles. The Balaban J connectivity index is 2.08. The normalized spacial score (nSPS) is 37.6. The van der Waals surface area contributed by atoms with Gasteiger partial charge in [-0.3, -0.25) is 4.79 Å². The van der Waals surface area contributed by atoms with E-state index in [0.717, 1.165) is 45.4 Å². The lowest BCUT2D eigenvalue weighted by molar-refractivity contribution is -0.146. The van der Waals surface area contributed by atoms with E-state index >= 15 is 0 Å². The molecule has 3 nitrogen and oxygen atoms in total. The van der Waals surface area contributed by atoms with E-state index in [0.29, 0.717) is 17.7 Å². The summed E-state index contributed by atoms with van der Waals surface area (Å²) in [5, 5.41) is 3.42. The number of amides is 1. The van der Waals surface area contributed by atoms with Crippen LogP contribution in [0.1, 0.15) is 46.5 Å². The molecule has 0 aromatic rings. The number of hydrogen-bond acceptors (Lipinski definition) is 2. The van der Waals surface area contributed by atoms with E-state index in [9.17, 15) is 4.79 Å². The fourth-order valence-corrected chi connectivity index (χ4v) is 3.77. The van der Waals surface area contributed by atoms with Crippen LogP contribution < -0.4 is 5.32 Å². The molecule has 2 saturated heterocycles. The van der Waals surface area contributed by atoms with Crippen molar-refractivity contribution in [1.82, 2.24) is 10.2 Å². The minimum Gasteiger partial charge on any atom is -0.342 e. The van der Waals surface area contributed by atoms with Gasteiger partial charge in [0.25, 0.3) is 0 Å². The molecule has 0 spiro atoms. The van der Waals surface area contributed by atoms with Crippen molar-refractivity contribution in [3.8, 4) is 0 Å². The van der Waals surface area contributed by atoms with Crippen LogP contribution in [0.15, 0.2) is 0 Å². The summed E-state index contributed by atoms with van der Waals surface area (Å²) in [4.78, 5) is 15.0. The largest absolute Gasteiger partial charge is 0.342 e. The molecular formula is C15H28N2O. The Morgan fingerprint density at radius 3 is 2.50 bits per heavy atom. The maximum Gasteiger partial charge on any atom is 0.230 e. The summed E-state index contributed by atoms with van der Waals surface area (Å²) >= 11 is 0. The SMILES string of the molecule is CCC1(C(=O)N2CC(C)CC(C)C2)CCCNC1. The van der Waals surface area contributed by atoms with Gasteiger partial charge in [-0.05, 0) is 44.1 Å². The summed E-state index contributed by atoms with van der Waals surface area (Å²) in [6.07, 6.45) is 4.44. The van der Waals surface area contributed by atoms with Gasteiger partial charge in [0.2, 0.25) is 5.91 Å². The quantitative estimate of drug-likeness (QED) is 0.817. The molecule has 104 valence electrons. The first-order valence-electron chi connectivity index (χ1n) is 7.57. The Morgan fingerprint density at radius 1 is 1.33 bits per heavy atom. The molecule has 18 heavy (non-hydrogen) atoms. The molecule has 3 heteroatoms. The first-order valence-corrected chi connectivity index (χ1v) is 7.57. The summed E-state index contributed by atoms with van der Waals surface area (Å²) < 4.78 is 0. The zero-order valence-corrected chi connectivity index (χ0v) is 12.2. The molecule has 0 bridgehead atoms. The van der Waals surface area contributed by atoms with E-state index in [-0.39, 0.29) is 5.41 Å². The smallest absolute Gasteiger partial charge is 0.230 e. The molecule has 3 atom stereocenters. The van der Waals surface area contributed by atoms with E-state index in [1.165, 1.54) is 6.42 Å². The number of hydrogen-bond donors (Lipinski definition) is 1.